The Bertz CT molecular complexity index is 259. The largest absolute Gasteiger partial charge is 0.444 e. The minimum absolute atomic E-state index is 0.100. The van der Waals surface area contributed by atoms with Gasteiger partial charge in [-0.25, -0.2) is 4.79 Å². The van der Waals surface area contributed by atoms with Crippen LogP contribution in [0.5, 0.6) is 0 Å². The van der Waals surface area contributed by atoms with Gasteiger partial charge in [0.1, 0.15) is 5.60 Å². The summed E-state index contributed by atoms with van der Waals surface area (Å²) >= 11 is 0. The second-order valence-corrected chi connectivity index (χ2v) is 4.70. The van der Waals surface area contributed by atoms with E-state index >= 15 is 0 Å². The number of carbonyl (C=O) groups excluding carboxylic acids is 2. The zero-order valence-electron chi connectivity index (χ0n) is 9.36. The molecule has 1 amide bonds. The molecular formula is C9H16NO4P. The van der Waals surface area contributed by atoms with Gasteiger partial charge in [-0.2, -0.15) is 0 Å². The number of ether oxygens (including phenoxy) is 1. The first-order valence-electron chi connectivity index (χ1n) is 4.57. The molecule has 0 rings (SSSR count). The standard InChI is InChI=1S/C9H16NO4P/c1-6(7(11)5-15-13)10-8(12)14-9(2,3)4/h6H,5H2,1-4H3,(H,10,12)/t6-/m1/s1. The van der Waals surface area contributed by atoms with E-state index in [1.807, 2.05) is 0 Å². The van der Waals surface area contributed by atoms with Crippen LogP contribution in [0.3, 0.4) is 0 Å². The Hall–Kier alpha value is -0.960. The first-order valence-corrected chi connectivity index (χ1v) is 5.57. The van der Waals surface area contributed by atoms with Gasteiger partial charge < -0.3 is 10.1 Å². The maximum absolute atomic E-state index is 11.2. The molecule has 0 spiro atoms. The third kappa shape index (κ3) is 7.03. The Morgan fingerprint density at radius 2 is 1.93 bits per heavy atom. The van der Waals surface area contributed by atoms with Crippen molar-refractivity contribution in [1.82, 2.24) is 5.32 Å². The number of hydrogen-bond acceptors (Lipinski definition) is 4. The lowest BCUT2D eigenvalue weighted by Crippen LogP contribution is -2.42. The summed E-state index contributed by atoms with van der Waals surface area (Å²) in [6, 6.07) is -0.679. The summed E-state index contributed by atoms with van der Waals surface area (Å²) in [5, 5.41) is 2.37. The number of alkyl carbamates (subject to hydrolysis) is 1. The van der Waals surface area contributed by atoms with Crippen molar-refractivity contribution in [2.75, 3.05) is 6.16 Å². The normalized spacial score (nSPS) is 13.3. The van der Waals surface area contributed by atoms with Crippen molar-refractivity contribution in [3.05, 3.63) is 0 Å². The predicted octanol–water partition coefficient (Wildman–Crippen LogP) is 1.76. The van der Waals surface area contributed by atoms with E-state index in [-0.39, 0.29) is 20.4 Å². The molecule has 0 aromatic carbocycles. The van der Waals surface area contributed by atoms with E-state index in [0.717, 1.165) is 0 Å². The summed E-state index contributed by atoms with van der Waals surface area (Å²) < 4.78 is 15.1. The zero-order valence-corrected chi connectivity index (χ0v) is 10.3. The minimum Gasteiger partial charge on any atom is -0.444 e. The maximum atomic E-state index is 11.2. The molecule has 1 N–H and O–H groups in total. The molecule has 0 aliphatic heterocycles. The molecule has 15 heavy (non-hydrogen) atoms. The number of nitrogens with one attached hydrogen (secondary N) is 1. The molecule has 0 fully saturated rings. The van der Waals surface area contributed by atoms with Crippen LogP contribution in [0, 0.1) is 0 Å². The second kappa shape index (κ2) is 5.81. The quantitative estimate of drug-likeness (QED) is 0.751. The van der Waals surface area contributed by atoms with Gasteiger partial charge in [-0.1, -0.05) is 0 Å². The second-order valence-electron chi connectivity index (χ2n) is 4.12. The molecule has 0 saturated heterocycles. The summed E-state index contributed by atoms with van der Waals surface area (Å²) in [4.78, 5) is 22.4. The van der Waals surface area contributed by atoms with Crippen LogP contribution in [0.2, 0.25) is 0 Å². The van der Waals surface area contributed by atoms with Gasteiger partial charge in [-0.05, 0) is 27.7 Å². The number of hydrogen-bond donors (Lipinski definition) is 1. The van der Waals surface area contributed by atoms with Gasteiger partial charge in [0.25, 0.3) is 0 Å². The first-order chi connectivity index (χ1) is 6.76. The van der Waals surface area contributed by atoms with Crippen molar-refractivity contribution >= 4 is 20.3 Å². The van der Waals surface area contributed by atoms with Crippen LogP contribution in [-0.4, -0.2) is 29.7 Å². The van der Waals surface area contributed by atoms with Crippen LogP contribution < -0.4 is 5.32 Å². The van der Waals surface area contributed by atoms with Crippen LogP contribution in [0.15, 0.2) is 0 Å². The van der Waals surface area contributed by atoms with Gasteiger partial charge >= 0.3 is 6.09 Å². The van der Waals surface area contributed by atoms with Crippen LogP contribution in [0.1, 0.15) is 27.7 Å². The van der Waals surface area contributed by atoms with Crippen molar-refractivity contribution in [3.8, 4) is 0 Å². The highest BCUT2D eigenvalue weighted by Gasteiger charge is 2.20. The lowest BCUT2D eigenvalue weighted by molar-refractivity contribution is -0.118. The van der Waals surface area contributed by atoms with Crippen molar-refractivity contribution in [1.29, 1.82) is 0 Å². The Kier molecular flexibility index (Phi) is 5.44. The maximum Gasteiger partial charge on any atom is 0.408 e. The fourth-order valence-electron chi connectivity index (χ4n) is 0.765. The molecule has 0 aromatic heterocycles. The zero-order chi connectivity index (χ0) is 12.1. The Morgan fingerprint density at radius 3 is 2.33 bits per heavy atom. The number of carbonyl (C=O) groups is 2. The summed E-state index contributed by atoms with van der Waals surface area (Å²) in [5.74, 6) is -0.294. The SMILES string of the molecule is C[C@@H](NC(=O)OC(C)(C)C)C(=O)CP=O. The van der Waals surface area contributed by atoms with Crippen LogP contribution in [-0.2, 0) is 14.1 Å². The summed E-state index contributed by atoms with van der Waals surface area (Å²) in [6.07, 6.45) is -0.748. The molecule has 0 bridgehead atoms. The van der Waals surface area contributed by atoms with E-state index in [0.29, 0.717) is 0 Å². The minimum atomic E-state index is -0.679. The fraction of sp³-hybridized carbons (Fsp3) is 0.778. The molecule has 6 heteroatoms. The monoisotopic (exact) mass is 233 g/mol. The van der Waals surface area contributed by atoms with Crippen molar-refractivity contribution < 1.29 is 18.9 Å². The van der Waals surface area contributed by atoms with E-state index in [2.05, 4.69) is 5.32 Å². The van der Waals surface area contributed by atoms with Crippen LogP contribution >= 0.6 is 8.46 Å². The predicted molar refractivity (Wildman–Crippen MR) is 56.3 cm³/mol. The molecule has 1 atom stereocenters. The van der Waals surface area contributed by atoms with Gasteiger partial charge in [0.2, 0.25) is 0 Å². The van der Waals surface area contributed by atoms with E-state index in [1.165, 1.54) is 6.92 Å². The highest BCUT2D eigenvalue weighted by Crippen LogP contribution is 2.07. The van der Waals surface area contributed by atoms with Gasteiger partial charge in [0, 0.05) is 0 Å². The van der Waals surface area contributed by atoms with Crippen molar-refractivity contribution in [2.45, 2.75) is 39.3 Å². The third-order valence-electron chi connectivity index (χ3n) is 1.44. The Balaban J connectivity index is 4.07. The smallest absolute Gasteiger partial charge is 0.408 e. The average molecular weight is 233 g/mol. The molecule has 0 saturated carbocycles. The van der Waals surface area contributed by atoms with E-state index in [9.17, 15) is 14.2 Å². The van der Waals surface area contributed by atoms with Gasteiger partial charge in [-0.15, -0.1) is 0 Å². The number of amides is 1. The number of ketones is 1. The van der Waals surface area contributed by atoms with Crippen LogP contribution in [0.4, 0.5) is 4.79 Å². The highest BCUT2D eigenvalue weighted by molar-refractivity contribution is 7.25. The molecular weight excluding hydrogens is 217 g/mol. The molecule has 0 aliphatic carbocycles. The lowest BCUT2D eigenvalue weighted by atomic mass is 10.2. The molecule has 0 aliphatic rings. The molecule has 0 unspecified atom stereocenters. The van der Waals surface area contributed by atoms with Gasteiger partial charge in [-0.3, -0.25) is 9.36 Å². The fourth-order valence-corrected chi connectivity index (χ4v) is 1.17. The molecule has 0 aromatic rings. The molecule has 86 valence electrons. The van der Waals surface area contributed by atoms with Crippen LogP contribution in [0.25, 0.3) is 0 Å². The van der Waals surface area contributed by atoms with Gasteiger partial charge in [0.05, 0.1) is 12.2 Å². The third-order valence-corrected chi connectivity index (χ3v) is 1.88. The number of rotatable bonds is 4. The first kappa shape index (κ1) is 14.0. The van der Waals surface area contributed by atoms with E-state index in [4.69, 9.17) is 4.74 Å². The van der Waals surface area contributed by atoms with E-state index < -0.39 is 17.7 Å². The van der Waals surface area contributed by atoms with E-state index in [1.54, 1.807) is 20.8 Å². The summed E-state index contributed by atoms with van der Waals surface area (Å²) in [5.41, 5.74) is -0.594. The average Bonchev–Trinajstić information content (AvgIpc) is 2.00. The highest BCUT2D eigenvalue weighted by atomic mass is 31.1. The van der Waals surface area contributed by atoms with Gasteiger partial charge in [0.15, 0.2) is 14.2 Å². The van der Waals surface area contributed by atoms with Crippen molar-refractivity contribution in [2.24, 2.45) is 0 Å². The van der Waals surface area contributed by atoms with Crippen molar-refractivity contribution in [3.63, 3.8) is 0 Å². The Labute approximate surface area is 90.8 Å². The topological polar surface area (TPSA) is 72.5 Å². The number of Topliss-reactive ketones (excluding diaryl/α,β-unsaturated/α-hetero) is 1. The Morgan fingerprint density at radius 1 is 1.40 bits per heavy atom. The molecule has 0 heterocycles. The summed E-state index contributed by atoms with van der Waals surface area (Å²) in [6.45, 7) is 6.72. The summed E-state index contributed by atoms with van der Waals surface area (Å²) in [7, 11) is -0.244. The lowest BCUT2D eigenvalue weighted by Gasteiger charge is -2.21. The molecule has 0 radical (unpaired) electrons. The molecule has 5 nitrogen and oxygen atoms in total.